The van der Waals surface area contributed by atoms with Crippen molar-refractivity contribution in [2.24, 2.45) is 0 Å². The summed E-state index contributed by atoms with van der Waals surface area (Å²) in [5, 5.41) is 10.1. The number of hydrogen-bond acceptors (Lipinski definition) is 6. The fourth-order valence-electron chi connectivity index (χ4n) is 4.06. The van der Waals surface area contributed by atoms with Gasteiger partial charge in [-0.2, -0.15) is 0 Å². The highest BCUT2D eigenvalue weighted by atomic mass is 79.9. The fraction of sp³-hybridized carbons (Fsp3) is 0.450. The summed E-state index contributed by atoms with van der Waals surface area (Å²) in [7, 11) is 3.23. The van der Waals surface area contributed by atoms with Gasteiger partial charge in [-0.25, -0.2) is 0 Å². The fourth-order valence-corrected chi connectivity index (χ4v) is 5.98. The van der Waals surface area contributed by atoms with Crippen molar-refractivity contribution in [3.63, 3.8) is 0 Å². The maximum atomic E-state index is 13.4. The summed E-state index contributed by atoms with van der Waals surface area (Å²) in [6.07, 6.45) is 1.99. The Morgan fingerprint density at radius 3 is 2.86 bits per heavy atom. The molecule has 0 bridgehead atoms. The summed E-state index contributed by atoms with van der Waals surface area (Å²) < 4.78 is 11.8. The number of methoxy groups -OCH3 is 2. The molecule has 1 aromatic heterocycles. The predicted octanol–water partition coefficient (Wildman–Crippen LogP) is 3.30. The number of aliphatic hydroxyl groups excluding tert-OH is 1. The molecule has 3 heterocycles. The van der Waals surface area contributed by atoms with Crippen LogP contribution in [0.25, 0.3) is 0 Å². The minimum absolute atomic E-state index is 0.00710. The second kappa shape index (κ2) is 7.93. The Hall–Kier alpha value is -1.77. The van der Waals surface area contributed by atoms with Crippen molar-refractivity contribution in [2.75, 3.05) is 38.8 Å². The van der Waals surface area contributed by atoms with E-state index in [1.54, 1.807) is 14.2 Å². The number of amides is 1. The van der Waals surface area contributed by atoms with E-state index in [-0.39, 0.29) is 18.6 Å². The lowest BCUT2D eigenvalue weighted by molar-refractivity contribution is 0.0731. The number of benzene rings is 1. The lowest BCUT2D eigenvalue weighted by Gasteiger charge is -2.35. The first-order chi connectivity index (χ1) is 13.6. The molecule has 2 aliphatic rings. The van der Waals surface area contributed by atoms with Gasteiger partial charge >= 0.3 is 0 Å². The van der Waals surface area contributed by atoms with Gasteiger partial charge in [0, 0.05) is 36.8 Å². The third kappa shape index (κ3) is 3.27. The van der Waals surface area contributed by atoms with Crippen LogP contribution in [0.4, 0.5) is 5.69 Å². The first-order valence-corrected chi connectivity index (χ1v) is 10.9. The van der Waals surface area contributed by atoms with E-state index in [1.807, 2.05) is 23.1 Å². The Morgan fingerprint density at radius 2 is 2.14 bits per heavy atom. The lowest BCUT2D eigenvalue weighted by atomic mass is 10.0. The predicted molar refractivity (Wildman–Crippen MR) is 113 cm³/mol. The van der Waals surface area contributed by atoms with Gasteiger partial charge in [0.15, 0.2) is 0 Å². The molecule has 28 heavy (non-hydrogen) atoms. The van der Waals surface area contributed by atoms with Crippen molar-refractivity contribution in [2.45, 2.75) is 25.4 Å². The molecule has 1 atom stereocenters. The molecule has 4 rings (SSSR count). The monoisotopic (exact) mass is 466 g/mol. The maximum Gasteiger partial charge on any atom is 0.266 e. The zero-order valence-electron chi connectivity index (χ0n) is 15.9. The normalized spacial score (nSPS) is 18.7. The Kier molecular flexibility index (Phi) is 5.53. The number of halogens is 1. The molecule has 0 radical (unpaired) electrons. The summed E-state index contributed by atoms with van der Waals surface area (Å²) in [6.45, 7) is 1.76. The molecule has 0 fully saturated rings. The number of anilines is 1. The smallest absolute Gasteiger partial charge is 0.266 e. The van der Waals surface area contributed by atoms with Gasteiger partial charge in [-0.3, -0.25) is 4.79 Å². The highest BCUT2D eigenvalue weighted by molar-refractivity contribution is 9.11. The quantitative estimate of drug-likeness (QED) is 0.732. The summed E-state index contributed by atoms with van der Waals surface area (Å²) in [5.41, 5.74) is 3.12. The van der Waals surface area contributed by atoms with E-state index in [0.29, 0.717) is 24.6 Å². The zero-order chi connectivity index (χ0) is 19.8. The largest absolute Gasteiger partial charge is 0.497 e. The van der Waals surface area contributed by atoms with Crippen LogP contribution in [0, 0.1) is 0 Å². The molecule has 0 unspecified atom stereocenters. The Bertz CT molecular complexity index is 901. The average molecular weight is 467 g/mol. The van der Waals surface area contributed by atoms with Gasteiger partial charge in [-0.05, 0) is 40.9 Å². The van der Waals surface area contributed by atoms with Gasteiger partial charge in [0.1, 0.15) is 16.4 Å². The van der Waals surface area contributed by atoms with Crippen LogP contribution in [0.2, 0.25) is 0 Å². The minimum Gasteiger partial charge on any atom is -0.497 e. The molecule has 2 aliphatic heterocycles. The van der Waals surface area contributed by atoms with Crippen LogP contribution in [0.15, 0.2) is 22.0 Å². The van der Waals surface area contributed by atoms with Gasteiger partial charge in [0.2, 0.25) is 0 Å². The Labute approximate surface area is 176 Å². The molecule has 150 valence electrons. The van der Waals surface area contributed by atoms with Crippen molar-refractivity contribution in [3.8, 4) is 11.5 Å². The highest BCUT2D eigenvalue weighted by Crippen LogP contribution is 2.45. The van der Waals surface area contributed by atoms with Crippen LogP contribution in [-0.4, -0.2) is 55.9 Å². The van der Waals surface area contributed by atoms with Gasteiger partial charge in [-0.1, -0.05) is 0 Å². The van der Waals surface area contributed by atoms with Crippen LogP contribution in [-0.2, 0) is 13.0 Å². The molecule has 1 aromatic carbocycles. The Morgan fingerprint density at radius 1 is 1.32 bits per heavy atom. The van der Waals surface area contributed by atoms with Crippen LogP contribution in [0.1, 0.15) is 27.2 Å². The van der Waals surface area contributed by atoms with E-state index in [2.05, 4.69) is 20.8 Å². The number of rotatable bonds is 5. The first-order valence-electron chi connectivity index (χ1n) is 9.26. The molecular weight excluding hydrogens is 444 g/mol. The van der Waals surface area contributed by atoms with Crippen molar-refractivity contribution in [3.05, 3.63) is 38.0 Å². The summed E-state index contributed by atoms with van der Waals surface area (Å²) >= 11 is 5.14. The van der Waals surface area contributed by atoms with Crippen molar-refractivity contribution >= 4 is 38.9 Å². The molecule has 0 saturated carbocycles. The van der Waals surface area contributed by atoms with Gasteiger partial charge in [0.05, 0.1) is 36.3 Å². The van der Waals surface area contributed by atoms with Gasteiger partial charge < -0.3 is 24.4 Å². The van der Waals surface area contributed by atoms with Crippen LogP contribution in [0.5, 0.6) is 11.5 Å². The van der Waals surface area contributed by atoms with Crippen LogP contribution in [0.3, 0.4) is 0 Å². The van der Waals surface area contributed by atoms with Crippen LogP contribution < -0.4 is 14.4 Å². The molecule has 8 heteroatoms. The highest BCUT2D eigenvalue weighted by Gasteiger charge is 2.38. The second-order valence-corrected chi connectivity index (χ2v) is 9.37. The van der Waals surface area contributed by atoms with Crippen molar-refractivity contribution in [1.29, 1.82) is 0 Å². The molecule has 6 nitrogen and oxygen atoms in total. The number of ether oxygens (including phenoxy) is 2. The molecule has 0 saturated heterocycles. The Balaban J connectivity index is 1.72. The number of thiophene rings is 1. The summed E-state index contributed by atoms with van der Waals surface area (Å²) in [6, 6.07) is 5.51. The van der Waals surface area contributed by atoms with Crippen molar-refractivity contribution < 1.29 is 19.4 Å². The zero-order valence-corrected chi connectivity index (χ0v) is 18.3. The van der Waals surface area contributed by atoms with Crippen molar-refractivity contribution in [1.82, 2.24) is 4.90 Å². The number of nitrogens with zero attached hydrogens (tertiary/aromatic N) is 2. The van der Waals surface area contributed by atoms with E-state index in [1.165, 1.54) is 16.9 Å². The molecule has 1 N–H and O–H groups in total. The minimum atomic E-state index is -0.116. The van der Waals surface area contributed by atoms with E-state index in [9.17, 15) is 9.90 Å². The molecule has 0 aliphatic carbocycles. The number of carbonyl (C=O) groups excluding carboxylic acids is 1. The third-order valence-corrected chi connectivity index (χ3v) is 7.42. The first kappa shape index (κ1) is 19.5. The van der Waals surface area contributed by atoms with E-state index in [0.717, 1.165) is 39.3 Å². The summed E-state index contributed by atoms with van der Waals surface area (Å²) in [4.78, 5) is 18.2. The third-order valence-electron chi connectivity index (χ3n) is 5.46. The average Bonchev–Trinajstić information content (AvgIpc) is 3.02. The van der Waals surface area contributed by atoms with E-state index < -0.39 is 0 Å². The SMILES string of the molecule is COc1ccc(CN2C[C@@H](CO)N3CCCc4c(Br)sc(c43)C2=O)c(OC)c1. The number of aliphatic hydroxyl groups is 1. The second-order valence-electron chi connectivity index (χ2n) is 7.03. The van der Waals surface area contributed by atoms with Crippen LogP contribution >= 0.6 is 27.3 Å². The van der Waals surface area contributed by atoms with E-state index in [4.69, 9.17) is 9.47 Å². The standard InChI is InChI=1S/C20H23BrN2O4S/c1-26-14-6-5-12(16(8-14)27-2)9-22-10-13(11-24)23-7-3-4-15-17(23)18(20(22)25)28-19(15)21/h5-6,8,13,24H,3-4,7,9-11H2,1-2H3/t13-/m0/s1. The number of carbonyl (C=O) groups is 1. The molecule has 1 amide bonds. The topological polar surface area (TPSA) is 62.2 Å². The van der Waals surface area contributed by atoms with Gasteiger partial charge in [0.25, 0.3) is 5.91 Å². The molecular formula is C20H23BrN2O4S. The number of hydrogen-bond donors (Lipinski definition) is 1. The van der Waals surface area contributed by atoms with Gasteiger partial charge in [-0.15, -0.1) is 11.3 Å². The molecule has 0 spiro atoms. The summed E-state index contributed by atoms with van der Waals surface area (Å²) in [5.74, 6) is 1.40. The maximum absolute atomic E-state index is 13.4. The van der Waals surface area contributed by atoms with E-state index >= 15 is 0 Å². The molecule has 2 aromatic rings. The lowest BCUT2D eigenvalue weighted by Crippen LogP contribution is -2.46.